The Labute approximate surface area is 107 Å². The summed E-state index contributed by atoms with van der Waals surface area (Å²) in [6.07, 6.45) is 2.26. The summed E-state index contributed by atoms with van der Waals surface area (Å²) in [5.74, 6) is 0.884. The molecule has 0 amide bonds. The van der Waals surface area contributed by atoms with Crippen LogP contribution in [0.25, 0.3) is 0 Å². The number of aromatic nitrogens is 2. The van der Waals surface area contributed by atoms with Crippen molar-refractivity contribution in [3.8, 4) is 5.88 Å². The predicted octanol–water partition coefficient (Wildman–Crippen LogP) is 2.34. The zero-order chi connectivity index (χ0) is 12.3. The molecule has 0 unspecified atom stereocenters. The average Bonchev–Trinajstić information content (AvgIpc) is 2.39. The zero-order valence-corrected chi connectivity index (χ0v) is 11.1. The summed E-state index contributed by atoms with van der Waals surface area (Å²) >= 11 is 6.07. The molecule has 0 saturated carbocycles. The molecule has 0 aromatic carbocycles. The minimum atomic E-state index is 0.404. The zero-order valence-electron chi connectivity index (χ0n) is 10.3. The Kier molecular flexibility index (Phi) is 4.18. The molecular weight excluding hydrogens is 238 g/mol. The number of halogens is 1. The van der Waals surface area contributed by atoms with Crippen LogP contribution in [0.4, 0.5) is 0 Å². The van der Waals surface area contributed by atoms with Gasteiger partial charge in [0.1, 0.15) is 5.02 Å². The van der Waals surface area contributed by atoms with Crippen molar-refractivity contribution in [2.75, 3.05) is 26.7 Å². The number of methoxy groups -OCH3 is 1. The molecule has 1 fully saturated rings. The molecule has 94 valence electrons. The molecule has 5 heteroatoms. The van der Waals surface area contributed by atoms with E-state index in [1.165, 1.54) is 0 Å². The van der Waals surface area contributed by atoms with Crippen molar-refractivity contribution < 1.29 is 4.74 Å². The molecule has 1 aromatic heterocycles. The molecular formula is C12H18ClN3O. The Bertz CT molecular complexity index is 378. The largest absolute Gasteiger partial charge is 0.479 e. The van der Waals surface area contributed by atoms with E-state index >= 15 is 0 Å². The Morgan fingerprint density at radius 1 is 1.41 bits per heavy atom. The van der Waals surface area contributed by atoms with Crippen LogP contribution < -0.4 is 4.74 Å². The first-order valence-electron chi connectivity index (χ1n) is 6.04. The Morgan fingerprint density at radius 2 is 2.12 bits per heavy atom. The molecule has 0 radical (unpaired) electrons. The normalized spacial score (nSPS) is 18.3. The highest BCUT2D eigenvalue weighted by atomic mass is 35.5. The predicted molar refractivity (Wildman–Crippen MR) is 67.7 cm³/mol. The van der Waals surface area contributed by atoms with Gasteiger partial charge in [-0.25, -0.2) is 0 Å². The second-order valence-corrected chi connectivity index (χ2v) is 4.74. The molecule has 0 atom stereocenters. The maximum absolute atomic E-state index is 6.07. The smallest absolute Gasteiger partial charge is 0.252 e. The van der Waals surface area contributed by atoms with Crippen LogP contribution in [0.3, 0.4) is 0 Å². The van der Waals surface area contributed by atoms with Crippen LogP contribution >= 0.6 is 11.6 Å². The van der Waals surface area contributed by atoms with E-state index in [-0.39, 0.29) is 0 Å². The standard InChI is InChI=1S/C12H18ClN3O/c1-3-16-6-4-9(5-7-16)11-8-10(13)12(17-2)15-14-11/h8-9H,3-7H2,1-2H3. The number of ether oxygens (including phenoxy) is 1. The highest BCUT2D eigenvalue weighted by molar-refractivity contribution is 6.31. The van der Waals surface area contributed by atoms with E-state index in [0.29, 0.717) is 16.8 Å². The third-order valence-corrected chi connectivity index (χ3v) is 3.65. The summed E-state index contributed by atoms with van der Waals surface area (Å²) in [7, 11) is 1.55. The fourth-order valence-electron chi connectivity index (χ4n) is 2.25. The van der Waals surface area contributed by atoms with Crippen LogP contribution in [0.15, 0.2) is 6.07 Å². The van der Waals surface area contributed by atoms with Crippen molar-refractivity contribution >= 4 is 11.6 Å². The molecule has 1 aliphatic heterocycles. The van der Waals surface area contributed by atoms with Gasteiger partial charge in [0.25, 0.3) is 5.88 Å². The van der Waals surface area contributed by atoms with Gasteiger partial charge < -0.3 is 9.64 Å². The van der Waals surface area contributed by atoms with Gasteiger partial charge in [-0.3, -0.25) is 0 Å². The number of nitrogens with zero attached hydrogens (tertiary/aromatic N) is 3. The molecule has 2 heterocycles. The molecule has 0 spiro atoms. The Morgan fingerprint density at radius 3 is 2.65 bits per heavy atom. The van der Waals surface area contributed by atoms with Crippen LogP contribution in [0.5, 0.6) is 5.88 Å². The van der Waals surface area contributed by atoms with Gasteiger partial charge in [-0.05, 0) is 38.5 Å². The molecule has 17 heavy (non-hydrogen) atoms. The van der Waals surface area contributed by atoms with Gasteiger partial charge >= 0.3 is 0 Å². The first-order chi connectivity index (χ1) is 8.24. The van der Waals surface area contributed by atoms with Gasteiger partial charge in [-0.2, -0.15) is 5.10 Å². The van der Waals surface area contributed by atoms with E-state index in [0.717, 1.165) is 38.2 Å². The summed E-state index contributed by atoms with van der Waals surface area (Å²) < 4.78 is 5.01. The Balaban J connectivity index is 2.06. The number of piperidine rings is 1. The van der Waals surface area contributed by atoms with Gasteiger partial charge in [0.2, 0.25) is 0 Å². The van der Waals surface area contributed by atoms with Crippen molar-refractivity contribution in [3.63, 3.8) is 0 Å². The first kappa shape index (κ1) is 12.6. The summed E-state index contributed by atoms with van der Waals surface area (Å²) in [6.45, 7) is 5.59. The van der Waals surface area contributed by atoms with Gasteiger partial charge in [0.15, 0.2) is 0 Å². The summed E-state index contributed by atoms with van der Waals surface area (Å²) in [5, 5.41) is 8.75. The SMILES string of the molecule is CCN1CCC(c2cc(Cl)c(OC)nn2)CC1. The molecule has 4 nitrogen and oxygen atoms in total. The Hall–Kier alpha value is -0.870. The lowest BCUT2D eigenvalue weighted by atomic mass is 9.93. The van der Waals surface area contributed by atoms with Crippen molar-refractivity contribution in [1.82, 2.24) is 15.1 Å². The molecule has 0 aliphatic carbocycles. The molecule has 0 bridgehead atoms. The second-order valence-electron chi connectivity index (χ2n) is 4.33. The summed E-state index contributed by atoms with van der Waals surface area (Å²) in [4.78, 5) is 2.45. The highest BCUT2D eigenvalue weighted by Crippen LogP contribution is 2.29. The lowest BCUT2D eigenvalue weighted by Crippen LogP contribution is -2.32. The fourth-order valence-corrected chi connectivity index (χ4v) is 2.48. The second kappa shape index (κ2) is 5.65. The topological polar surface area (TPSA) is 38.2 Å². The van der Waals surface area contributed by atoms with E-state index in [1.54, 1.807) is 7.11 Å². The van der Waals surface area contributed by atoms with Gasteiger partial charge in [-0.1, -0.05) is 18.5 Å². The third-order valence-electron chi connectivity index (χ3n) is 3.38. The number of hydrogen-bond acceptors (Lipinski definition) is 4. The van der Waals surface area contributed by atoms with Crippen LogP contribution in [0, 0.1) is 0 Å². The average molecular weight is 256 g/mol. The van der Waals surface area contributed by atoms with E-state index < -0.39 is 0 Å². The van der Waals surface area contributed by atoms with Crippen molar-refractivity contribution in [1.29, 1.82) is 0 Å². The van der Waals surface area contributed by atoms with Crippen molar-refractivity contribution in [3.05, 3.63) is 16.8 Å². The quantitative estimate of drug-likeness (QED) is 0.831. The number of rotatable bonds is 3. The summed E-state index contributed by atoms with van der Waals surface area (Å²) in [5.41, 5.74) is 0.992. The molecule has 2 rings (SSSR count). The van der Waals surface area contributed by atoms with Crippen molar-refractivity contribution in [2.45, 2.75) is 25.7 Å². The highest BCUT2D eigenvalue weighted by Gasteiger charge is 2.21. The third kappa shape index (κ3) is 2.87. The minimum Gasteiger partial charge on any atom is -0.479 e. The van der Waals surface area contributed by atoms with Crippen LogP contribution in [0.1, 0.15) is 31.4 Å². The maximum atomic E-state index is 6.07. The van der Waals surface area contributed by atoms with E-state index in [2.05, 4.69) is 22.0 Å². The monoisotopic (exact) mass is 255 g/mol. The van der Waals surface area contributed by atoms with Gasteiger partial charge in [0.05, 0.1) is 12.8 Å². The van der Waals surface area contributed by atoms with Crippen molar-refractivity contribution in [2.24, 2.45) is 0 Å². The lowest BCUT2D eigenvalue weighted by Gasteiger charge is -2.30. The van der Waals surface area contributed by atoms with E-state index in [1.807, 2.05) is 6.07 Å². The maximum Gasteiger partial charge on any atom is 0.252 e. The minimum absolute atomic E-state index is 0.404. The summed E-state index contributed by atoms with van der Waals surface area (Å²) in [6, 6.07) is 1.89. The molecule has 0 N–H and O–H groups in total. The molecule has 1 saturated heterocycles. The van der Waals surface area contributed by atoms with Crippen LogP contribution in [-0.4, -0.2) is 41.8 Å². The van der Waals surface area contributed by atoms with Gasteiger partial charge in [-0.15, -0.1) is 5.10 Å². The van der Waals surface area contributed by atoms with E-state index in [9.17, 15) is 0 Å². The fraction of sp³-hybridized carbons (Fsp3) is 0.667. The van der Waals surface area contributed by atoms with Gasteiger partial charge in [0, 0.05) is 5.92 Å². The first-order valence-corrected chi connectivity index (χ1v) is 6.41. The van der Waals surface area contributed by atoms with Crippen LogP contribution in [0.2, 0.25) is 5.02 Å². The van der Waals surface area contributed by atoms with E-state index in [4.69, 9.17) is 16.3 Å². The number of hydrogen-bond donors (Lipinski definition) is 0. The molecule has 1 aromatic rings. The van der Waals surface area contributed by atoms with Crippen LogP contribution in [-0.2, 0) is 0 Å². The number of likely N-dealkylation sites (tertiary alicyclic amines) is 1. The lowest BCUT2D eigenvalue weighted by molar-refractivity contribution is 0.220. The molecule has 1 aliphatic rings.